The molecule has 2 atom stereocenters. The summed E-state index contributed by atoms with van der Waals surface area (Å²) in [5.74, 6) is 0.752. The molecule has 0 spiro atoms. The first-order chi connectivity index (χ1) is 6.26. The quantitative estimate of drug-likeness (QED) is 0.672. The maximum absolute atomic E-state index is 5.65. The third kappa shape index (κ3) is 3.65. The van der Waals surface area contributed by atoms with E-state index in [0.717, 1.165) is 25.6 Å². The molecule has 0 aromatic heterocycles. The van der Waals surface area contributed by atoms with Gasteiger partial charge in [0.1, 0.15) is 0 Å². The predicted molar refractivity (Wildman–Crippen MR) is 53.8 cm³/mol. The van der Waals surface area contributed by atoms with Crippen LogP contribution in [0.1, 0.15) is 40.0 Å². The van der Waals surface area contributed by atoms with Crippen molar-refractivity contribution in [3.05, 3.63) is 0 Å². The van der Waals surface area contributed by atoms with Crippen LogP contribution in [-0.2, 0) is 9.47 Å². The SMILES string of the molecule is CCO[C@@H]1CC(C)C[C@@H](OCC)C1. The molecular formula is C11H22O2. The van der Waals surface area contributed by atoms with Gasteiger partial charge in [-0.05, 0) is 39.0 Å². The van der Waals surface area contributed by atoms with Gasteiger partial charge in [-0.25, -0.2) is 0 Å². The third-order valence-electron chi connectivity index (χ3n) is 2.66. The van der Waals surface area contributed by atoms with E-state index in [1.807, 2.05) is 0 Å². The summed E-state index contributed by atoms with van der Waals surface area (Å²) >= 11 is 0. The molecule has 1 aliphatic rings. The molecule has 0 aromatic carbocycles. The number of hydrogen-bond acceptors (Lipinski definition) is 2. The monoisotopic (exact) mass is 186 g/mol. The molecule has 1 saturated carbocycles. The van der Waals surface area contributed by atoms with Crippen LogP contribution in [0.25, 0.3) is 0 Å². The molecule has 1 rings (SSSR count). The molecule has 78 valence electrons. The van der Waals surface area contributed by atoms with Crippen molar-refractivity contribution in [2.45, 2.75) is 52.2 Å². The highest BCUT2D eigenvalue weighted by Crippen LogP contribution is 2.28. The summed E-state index contributed by atoms with van der Waals surface area (Å²) in [6.45, 7) is 8.08. The van der Waals surface area contributed by atoms with Crippen molar-refractivity contribution < 1.29 is 9.47 Å². The highest BCUT2D eigenvalue weighted by Gasteiger charge is 2.26. The van der Waals surface area contributed by atoms with E-state index in [1.54, 1.807) is 0 Å². The Hall–Kier alpha value is -0.0800. The van der Waals surface area contributed by atoms with Gasteiger partial charge in [0, 0.05) is 13.2 Å². The second-order valence-corrected chi connectivity index (χ2v) is 3.97. The summed E-state index contributed by atoms with van der Waals surface area (Å²) in [6, 6.07) is 0. The van der Waals surface area contributed by atoms with Gasteiger partial charge in [0.15, 0.2) is 0 Å². The Bertz CT molecular complexity index is 122. The fraction of sp³-hybridized carbons (Fsp3) is 1.00. The van der Waals surface area contributed by atoms with Gasteiger partial charge in [0.2, 0.25) is 0 Å². The molecule has 13 heavy (non-hydrogen) atoms. The highest BCUT2D eigenvalue weighted by molar-refractivity contribution is 4.77. The smallest absolute Gasteiger partial charge is 0.0602 e. The summed E-state index contributed by atoms with van der Waals surface area (Å²) < 4.78 is 11.3. The van der Waals surface area contributed by atoms with Crippen molar-refractivity contribution in [2.24, 2.45) is 5.92 Å². The molecule has 0 unspecified atom stereocenters. The van der Waals surface area contributed by atoms with Crippen molar-refractivity contribution in [2.75, 3.05) is 13.2 Å². The molecule has 0 aliphatic heterocycles. The standard InChI is InChI=1S/C11H22O2/c1-4-12-10-6-9(3)7-11(8-10)13-5-2/h9-11H,4-8H2,1-3H3/t10-,11-/m1/s1. The summed E-state index contributed by atoms with van der Waals surface area (Å²) in [4.78, 5) is 0. The number of ether oxygens (including phenoxy) is 2. The average Bonchev–Trinajstić information content (AvgIpc) is 2.04. The maximum Gasteiger partial charge on any atom is 0.0602 e. The Labute approximate surface area is 81.6 Å². The van der Waals surface area contributed by atoms with Crippen LogP contribution in [0.15, 0.2) is 0 Å². The maximum atomic E-state index is 5.65. The summed E-state index contributed by atoms with van der Waals surface area (Å²) in [5, 5.41) is 0. The number of hydrogen-bond donors (Lipinski definition) is 0. The summed E-state index contributed by atoms with van der Waals surface area (Å²) in [5.41, 5.74) is 0. The first-order valence-electron chi connectivity index (χ1n) is 5.49. The van der Waals surface area contributed by atoms with Crippen LogP contribution in [-0.4, -0.2) is 25.4 Å². The lowest BCUT2D eigenvalue weighted by molar-refractivity contribution is -0.0527. The Morgan fingerprint density at radius 1 is 0.923 bits per heavy atom. The minimum absolute atomic E-state index is 0.435. The molecule has 0 N–H and O–H groups in total. The van der Waals surface area contributed by atoms with Gasteiger partial charge >= 0.3 is 0 Å². The highest BCUT2D eigenvalue weighted by atomic mass is 16.5. The fourth-order valence-electron chi connectivity index (χ4n) is 2.22. The molecular weight excluding hydrogens is 164 g/mol. The Kier molecular flexibility index (Phi) is 4.74. The first kappa shape index (κ1) is 11.0. The van der Waals surface area contributed by atoms with E-state index in [-0.39, 0.29) is 0 Å². The first-order valence-corrected chi connectivity index (χ1v) is 5.49. The fourth-order valence-corrected chi connectivity index (χ4v) is 2.22. The molecule has 0 heterocycles. The van der Waals surface area contributed by atoms with Crippen LogP contribution in [0.3, 0.4) is 0 Å². The topological polar surface area (TPSA) is 18.5 Å². The van der Waals surface area contributed by atoms with Crippen LogP contribution in [0.2, 0.25) is 0 Å². The predicted octanol–water partition coefficient (Wildman–Crippen LogP) is 2.62. The van der Waals surface area contributed by atoms with Crippen LogP contribution in [0.4, 0.5) is 0 Å². The van der Waals surface area contributed by atoms with Crippen molar-refractivity contribution in [1.29, 1.82) is 0 Å². The Morgan fingerprint density at radius 3 is 1.77 bits per heavy atom. The van der Waals surface area contributed by atoms with Crippen LogP contribution in [0.5, 0.6) is 0 Å². The molecule has 0 radical (unpaired) electrons. The largest absolute Gasteiger partial charge is 0.378 e. The van der Waals surface area contributed by atoms with Crippen molar-refractivity contribution >= 4 is 0 Å². The van der Waals surface area contributed by atoms with Crippen LogP contribution < -0.4 is 0 Å². The average molecular weight is 186 g/mol. The van der Waals surface area contributed by atoms with Crippen molar-refractivity contribution in [1.82, 2.24) is 0 Å². The van der Waals surface area contributed by atoms with E-state index >= 15 is 0 Å². The molecule has 2 nitrogen and oxygen atoms in total. The summed E-state index contributed by atoms with van der Waals surface area (Å²) in [6.07, 6.45) is 4.37. The van der Waals surface area contributed by atoms with Gasteiger partial charge in [-0.1, -0.05) is 6.92 Å². The zero-order chi connectivity index (χ0) is 9.68. The molecule has 1 aliphatic carbocycles. The van der Waals surface area contributed by atoms with Gasteiger partial charge in [-0.15, -0.1) is 0 Å². The third-order valence-corrected chi connectivity index (χ3v) is 2.66. The van der Waals surface area contributed by atoms with Gasteiger partial charge in [-0.3, -0.25) is 0 Å². The molecule has 0 amide bonds. The van der Waals surface area contributed by atoms with Gasteiger partial charge in [-0.2, -0.15) is 0 Å². The van der Waals surface area contributed by atoms with Gasteiger partial charge in [0.05, 0.1) is 12.2 Å². The van der Waals surface area contributed by atoms with E-state index in [1.165, 1.54) is 12.8 Å². The molecule has 0 bridgehead atoms. The second kappa shape index (κ2) is 5.61. The molecule has 2 heteroatoms. The van der Waals surface area contributed by atoms with E-state index in [2.05, 4.69) is 20.8 Å². The van der Waals surface area contributed by atoms with Crippen molar-refractivity contribution in [3.63, 3.8) is 0 Å². The lowest BCUT2D eigenvalue weighted by Gasteiger charge is -2.32. The normalized spacial score (nSPS) is 34.8. The van der Waals surface area contributed by atoms with Crippen LogP contribution in [0, 0.1) is 5.92 Å². The number of rotatable bonds is 4. The summed E-state index contributed by atoms with van der Waals surface area (Å²) in [7, 11) is 0. The molecule has 1 fully saturated rings. The zero-order valence-electron chi connectivity index (χ0n) is 9.08. The lowest BCUT2D eigenvalue weighted by atomic mass is 9.86. The minimum Gasteiger partial charge on any atom is -0.378 e. The zero-order valence-corrected chi connectivity index (χ0v) is 9.08. The second-order valence-electron chi connectivity index (χ2n) is 3.97. The van der Waals surface area contributed by atoms with E-state index < -0.39 is 0 Å². The van der Waals surface area contributed by atoms with Crippen LogP contribution >= 0.6 is 0 Å². The van der Waals surface area contributed by atoms with E-state index in [0.29, 0.717) is 12.2 Å². The Balaban J connectivity index is 2.33. The van der Waals surface area contributed by atoms with E-state index in [4.69, 9.17) is 9.47 Å². The Morgan fingerprint density at radius 2 is 1.38 bits per heavy atom. The minimum atomic E-state index is 0.435. The van der Waals surface area contributed by atoms with Gasteiger partial charge in [0.25, 0.3) is 0 Å². The molecule has 0 aromatic rings. The van der Waals surface area contributed by atoms with E-state index in [9.17, 15) is 0 Å². The lowest BCUT2D eigenvalue weighted by Crippen LogP contribution is -2.32. The van der Waals surface area contributed by atoms with Crippen molar-refractivity contribution in [3.8, 4) is 0 Å². The molecule has 0 saturated heterocycles. The van der Waals surface area contributed by atoms with Gasteiger partial charge < -0.3 is 9.47 Å².